The van der Waals surface area contributed by atoms with Gasteiger partial charge in [0.2, 0.25) is 5.91 Å². The van der Waals surface area contributed by atoms with E-state index in [-0.39, 0.29) is 5.91 Å². The van der Waals surface area contributed by atoms with Gasteiger partial charge in [0.1, 0.15) is 0 Å². The fourth-order valence-corrected chi connectivity index (χ4v) is 3.73. The minimum absolute atomic E-state index is 0.131. The zero-order valence-electron chi connectivity index (χ0n) is 15.2. The molecule has 0 aliphatic carbocycles. The highest BCUT2D eigenvalue weighted by molar-refractivity contribution is 5.90. The van der Waals surface area contributed by atoms with Gasteiger partial charge in [-0.2, -0.15) is 5.10 Å². The van der Waals surface area contributed by atoms with Crippen molar-refractivity contribution in [3.63, 3.8) is 0 Å². The van der Waals surface area contributed by atoms with Gasteiger partial charge in [0.05, 0.1) is 30.5 Å². The molecule has 26 heavy (non-hydrogen) atoms. The molecule has 3 aromatic rings. The molecule has 136 valence electrons. The van der Waals surface area contributed by atoms with Gasteiger partial charge in [-0.1, -0.05) is 18.2 Å². The number of aromatic nitrogens is 3. The number of nitrogens with zero attached hydrogens (tertiary/aromatic N) is 3. The molecule has 0 saturated carbocycles. The number of aliphatic hydroxyl groups is 1. The molecule has 1 aromatic carbocycles. The van der Waals surface area contributed by atoms with Crippen LogP contribution in [0.2, 0.25) is 0 Å². The smallest absolute Gasteiger partial charge is 0.227 e. The first kappa shape index (κ1) is 16.8. The van der Waals surface area contributed by atoms with E-state index in [1.54, 1.807) is 6.92 Å². The van der Waals surface area contributed by atoms with Crippen molar-refractivity contribution in [3.05, 3.63) is 53.0 Å². The zero-order valence-corrected chi connectivity index (χ0v) is 15.2. The standard InChI is InChI=1S/C20H24N4O2/c1-13-17(16-6-3-4-7-18(16)21-13)11-20(26)23-8-5-9-24-15(12-23)10-19(22-24)14(2)25/h3-4,6-7,10,14,21,25H,5,8-9,11-12H2,1-2H3/t14-/m1/s1. The molecule has 0 saturated heterocycles. The molecule has 2 N–H and O–H groups in total. The van der Waals surface area contributed by atoms with Crippen LogP contribution < -0.4 is 0 Å². The number of nitrogens with one attached hydrogen (secondary N) is 1. The number of aromatic amines is 1. The van der Waals surface area contributed by atoms with Crippen molar-refractivity contribution < 1.29 is 9.90 Å². The molecular formula is C20H24N4O2. The Morgan fingerprint density at radius 1 is 1.35 bits per heavy atom. The van der Waals surface area contributed by atoms with E-state index in [2.05, 4.69) is 16.1 Å². The summed E-state index contributed by atoms with van der Waals surface area (Å²) in [5.74, 6) is 0.131. The quantitative estimate of drug-likeness (QED) is 0.761. The number of amides is 1. The molecule has 1 aliphatic heterocycles. The lowest BCUT2D eigenvalue weighted by atomic mass is 10.1. The van der Waals surface area contributed by atoms with Crippen LogP contribution in [0, 0.1) is 6.92 Å². The second kappa shape index (κ2) is 6.61. The minimum atomic E-state index is -0.590. The van der Waals surface area contributed by atoms with Gasteiger partial charge in [-0.15, -0.1) is 0 Å². The topological polar surface area (TPSA) is 74.2 Å². The third-order valence-corrected chi connectivity index (χ3v) is 5.17. The van der Waals surface area contributed by atoms with Crippen LogP contribution in [0.25, 0.3) is 10.9 Å². The van der Waals surface area contributed by atoms with Crippen molar-refractivity contribution in [2.24, 2.45) is 0 Å². The first-order chi connectivity index (χ1) is 12.5. The first-order valence-electron chi connectivity index (χ1n) is 9.11. The second-order valence-electron chi connectivity index (χ2n) is 7.08. The number of aryl methyl sites for hydroxylation is 2. The Balaban J connectivity index is 1.56. The maximum Gasteiger partial charge on any atom is 0.227 e. The van der Waals surface area contributed by atoms with Gasteiger partial charge in [0.25, 0.3) is 0 Å². The van der Waals surface area contributed by atoms with E-state index >= 15 is 0 Å². The number of aliphatic hydroxyl groups excluding tert-OH is 1. The largest absolute Gasteiger partial charge is 0.387 e. The van der Waals surface area contributed by atoms with Crippen LogP contribution in [0.15, 0.2) is 30.3 Å². The molecule has 3 heterocycles. The average Bonchev–Trinajstić information content (AvgIpc) is 3.09. The van der Waals surface area contributed by atoms with Crippen LogP contribution in [-0.2, 0) is 24.3 Å². The molecule has 1 aliphatic rings. The Kier molecular flexibility index (Phi) is 4.28. The van der Waals surface area contributed by atoms with Crippen LogP contribution in [-0.4, -0.2) is 37.2 Å². The lowest BCUT2D eigenvalue weighted by Gasteiger charge is -2.20. The summed E-state index contributed by atoms with van der Waals surface area (Å²) in [4.78, 5) is 18.3. The summed E-state index contributed by atoms with van der Waals surface area (Å²) in [6.07, 6.45) is 0.673. The number of para-hydroxylation sites is 1. The molecule has 0 spiro atoms. The van der Waals surface area contributed by atoms with E-state index in [0.717, 1.165) is 47.4 Å². The number of carbonyl (C=O) groups excluding carboxylic acids is 1. The SMILES string of the molecule is Cc1[nH]c2ccccc2c1CC(=O)N1CCCn2nc([C@@H](C)O)cc2C1. The van der Waals surface area contributed by atoms with Gasteiger partial charge < -0.3 is 15.0 Å². The summed E-state index contributed by atoms with van der Waals surface area (Å²) < 4.78 is 1.92. The van der Waals surface area contributed by atoms with E-state index < -0.39 is 6.10 Å². The molecule has 1 atom stereocenters. The third-order valence-electron chi connectivity index (χ3n) is 5.17. The lowest BCUT2D eigenvalue weighted by molar-refractivity contribution is -0.131. The summed E-state index contributed by atoms with van der Waals surface area (Å²) in [6, 6.07) is 10.0. The first-order valence-corrected chi connectivity index (χ1v) is 9.11. The summed E-state index contributed by atoms with van der Waals surface area (Å²) >= 11 is 0. The van der Waals surface area contributed by atoms with Crippen molar-refractivity contribution in [1.82, 2.24) is 19.7 Å². The minimum Gasteiger partial charge on any atom is -0.387 e. The number of hydrogen-bond donors (Lipinski definition) is 2. The van der Waals surface area contributed by atoms with Gasteiger partial charge >= 0.3 is 0 Å². The molecule has 4 rings (SSSR count). The van der Waals surface area contributed by atoms with Gasteiger partial charge in [-0.25, -0.2) is 0 Å². The van der Waals surface area contributed by atoms with Crippen LogP contribution in [0.1, 0.15) is 42.1 Å². The molecule has 0 unspecified atom stereocenters. The van der Waals surface area contributed by atoms with Crippen molar-refractivity contribution in [1.29, 1.82) is 0 Å². The Hall–Kier alpha value is -2.60. The van der Waals surface area contributed by atoms with Gasteiger partial charge in [-0.05, 0) is 38.0 Å². The molecule has 0 radical (unpaired) electrons. The molecular weight excluding hydrogens is 328 g/mol. The van der Waals surface area contributed by atoms with Gasteiger partial charge in [0.15, 0.2) is 0 Å². The average molecular weight is 352 g/mol. The number of fused-ring (bicyclic) bond motifs is 2. The van der Waals surface area contributed by atoms with E-state index in [9.17, 15) is 9.90 Å². The third kappa shape index (κ3) is 3.01. The van der Waals surface area contributed by atoms with Crippen molar-refractivity contribution >= 4 is 16.8 Å². The van der Waals surface area contributed by atoms with Gasteiger partial charge in [0, 0.05) is 29.7 Å². The molecule has 0 fully saturated rings. The Labute approximate surface area is 152 Å². The molecule has 6 heteroatoms. The number of benzene rings is 1. The van der Waals surface area contributed by atoms with Crippen molar-refractivity contribution in [3.8, 4) is 0 Å². The zero-order chi connectivity index (χ0) is 18.3. The highest BCUT2D eigenvalue weighted by Crippen LogP contribution is 2.24. The monoisotopic (exact) mass is 352 g/mol. The second-order valence-corrected chi connectivity index (χ2v) is 7.08. The summed E-state index contributed by atoms with van der Waals surface area (Å²) in [6.45, 7) is 5.78. The number of hydrogen-bond acceptors (Lipinski definition) is 3. The Morgan fingerprint density at radius 3 is 2.96 bits per heavy atom. The summed E-state index contributed by atoms with van der Waals surface area (Å²) in [5.41, 5.74) is 4.86. The normalized spacial score (nSPS) is 15.7. The van der Waals surface area contributed by atoms with E-state index in [4.69, 9.17) is 0 Å². The van der Waals surface area contributed by atoms with Crippen LogP contribution in [0.5, 0.6) is 0 Å². The number of H-pyrrole nitrogens is 1. The van der Waals surface area contributed by atoms with Crippen molar-refractivity contribution in [2.45, 2.75) is 45.9 Å². The predicted molar refractivity (Wildman–Crippen MR) is 99.6 cm³/mol. The maximum absolute atomic E-state index is 13.0. The number of rotatable bonds is 3. The molecule has 2 aromatic heterocycles. The van der Waals surface area contributed by atoms with E-state index in [1.807, 2.05) is 40.8 Å². The molecule has 6 nitrogen and oxygen atoms in total. The lowest BCUT2D eigenvalue weighted by Crippen LogP contribution is -2.32. The molecule has 0 bridgehead atoms. The summed E-state index contributed by atoms with van der Waals surface area (Å²) in [5, 5.41) is 15.3. The fraction of sp³-hybridized carbons (Fsp3) is 0.400. The van der Waals surface area contributed by atoms with Crippen LogP contribution in [0.3, 0.4) is 0 Å². The highest BCUT2D eigenvalue weighted by atomic mass is 16.3. The Bertz CT molecular complexity index is 954. The summed E-state index contributed by atoms with van der Waals surface area (Å²) in [7, 11) is 0. The van der Waals surface area contributed by atoms with Crippen molar-refractivity contribution in [2.75, 3.05) is 6.54 Å². The Morgan fingerprint density at radius 2 is 2.15 bits per heavy atom. The van der Waals surface area contributed by atoms with E-state index in [1.165, 1.54) is 0 Å². The predicted octanol–water partition coefficient (Wildman–Crippen LogP) is 2.70. The highest BCUT2D eigenvalue weighted by Gasteiger charge is 2.23. The van der Waals surface area contributed by atoms with Crippen LogP contribution in [0.4, 0.5) is 0 Å². The fourth-order valence-electron chi connectivity index (χ4n) is 3.73. The van der Waals surface area contributed by atoms with Gasteiger partial charge in [-0.3, -0.25) is 9.48 Å². The molecule has 1 amide bonds. The number of carbonyl (C=O) groups is 1. The van der Waals surface area contributed by atoms with E-state index in [0.29, 0.717) is 18.7 Å². The maximum atomic E-state index is 13.0. The van der Waals surface area contributed by atoms with Crippen LogP contribution >= 0.6 is 0 Å².